The van der Waals surface area contributed by atoms with E-state index in [1.54, 1.807) is 13.1 Å². The molecule has 0 aromatic carbocycles. The van der Waals surface area contributed by atoms with Crippen LogP contribution < -0.4 is 10.6 Å². The van der Waals surface area contributed by atoms with Crippen molar-refractivity contribution in [2.45, 2.75) is 13.3 Å². The number of aromatic nitrogens is 1. The molecule has 0 aliphatic heterocycles. The fourth-order valence-electron chi connectivity index (χ4n) is 1.37. The number of carbonyl (C=O) groups excluding carboxylic acids is 1. The lowest BCUT2D eigenvalue weighted by molar-refractivity contribution is 0.0944. The van der Waals surface area contributed by atoms with Crippen LogP contribution in [-0.2, 0) is 4.74 Å². The van der Waals surface area contributed by atoms with Crippen LogP contribution in [0.25, 0.3) is 0 Å². The maximum atomic E-state index is 11.8. The van der Waals surface area contributed by atoms with Gasteiger partial charge in [-0.1, -0.05) is 11.6 Å². The van der Waals surface area contributed by atoms with Crippen LogP contribution in [0.2, 0.25) is 5.02 Å². The van der Waals surface area contributed by atoms with Crippen LogP contribution >= 0.6 is 11.6 Å². The van der Waals surface area contributed by atoms with Gasteiger partial charge in [0.15, 0.2) is 0 Å². The Balaban J connectivity index is 2.44. The second-order valence-corrected chi connectivity index (χ2v) is 4.02. The average molecular weight is 272 g/mol. The molecular weight excluding hydrogens is 254 g/mol. The molecule has 1 aromatic rings. The molecule has 0 bridgehead atoms. The van der Waals surface area contributed by atoms with Gasteiger partial charge in [0.2, 0.25) is 0 Å². The van der Waals surface area contributed by atoms with E-state index in [4.69, 9.17) is 16.3 Å². The number of amides is 1. The summed E-state index contributed by atoms with van der Waals surface area (Å²) >= 11 is 5.95. The van der Waals surface area contributed by atoms with Crippen LogP contribution in [0, 0.1) is 0 Å². The topological polar surface area (TPSA) is 63.2 Å². The number of rotatable bonds is 7. The maximum Gasteiger partial charge on any atom is 0.252 e. The Morgan fingerprint density at radius 2 is 2.33 bits per heavy atom. The summed E-state index contributed by atoms with van der Waals surface area (Å²) in [7, 11) is 1.72. The number of ether oxygens (including phenoxy) is 1. The summed E-state index contributed by atoms with van der Waals surface area (Å²) in [4.78, 5) is 15.8. The Bertz CT molecular complexity index is 399. The van der Waals surface area contributed by atoms with Crippen molar-refractivity contribution in [3.05, 3.63) is 22.8 Å². The Hall–Kier alpha value is -1.33. The number of pyridine rings is 1. The maximum absolute atomic E-state index is 11.8. The van der Waals surface area contributed by atoms with E-state index in [1.807, 2.05) is 6.92 Å². The SMILES string of the molecule is CCOCCCNC(=O)c1cnc(NC)c(Cl)c1. The van der Waals surface area contributed by atoms with Crippen molar-refractivity contribution < 1.29 is 9.53 Å². The summed E-state index contributed by atoms with van der Waals surface area (Å²) in [5.74, 6) is 0.383. The number of halogens is 1. The minimum Gasteiger partial charge on any atom is -0.382 e. The predicted octanol–water partition coefficient (Wildman–Crippen LogP) is 1.93. The van der Waals surface area contributed by atoms with Gasteiger partial charge in [0.25, 0.3) is 5.91 Å². The molecule has 1 rings (SSSR count). The summed E-state index contributed by atoms with van der Waals surface area (Å²) in [6.45, 7) is 3.85. The van der Waals surface area contributed by atoms with Gasteiger partial charge in [0.1, 0.15) is 5.82 Å². The number of anilines is 1. The molecule has 1 aromatic heterocycles. The highest BCUT2D eigenvalue weighted by molar-refractivity contribution is 6.33. The van der Waals surface area contributed by atoms with Gasteiger partial charge < -0.3 is 15.4 Å². The van der Waals surface area contributed by atoms with Crippen LogP contribution in [-0.4, -0.2) is 37.7 Å². The molecule has 0 atom stereocenters. The molecule has 0 spiro atoms. The summed E-state index contributed by atoms with van der Waals surface area (Å²) in [6.07, 6.45) is 2.28. The molecule has 2 N–H and O–H groups in total. The molecular formula is C12H18ClN3O2. The van der Waals surface area contributed by atoms with Crippen molar-refractivity contribution in [2.24, 2.45) is 0 Å². The molecule has 0 radical (unpaired) electrons. The lowest BCUT2D eigenvalue weighted by atomic mass is 10.2. The molecule has 6 heteroatoms. The van der Waals surface area contributed by atoms with Crippen molar-refractivity contribution in [3.8, 4) is 0 Å². The first-order valence-electron chi connectivity index (χ1n) is 5.88. The Kier molecular flexibility index (Phi) is 6.46. The fourth-order valence-corrected chi connectivity index (χ4v) is 1.63. The van der Waals surface area contributed by atoms with Gasteiger partial charge >= 0.3 is 0 Å². The summed E-state index contributed by atoms with van der Waals surface area (Å²) in [6, 6.07) is 1.60. The number of nitrogens with zero attached hydrogens (tertiary/aromatic N) is 1. The summed E-state index contributed by atoms with van der Waals surface area (Å²) in [5, 5.41) is 6.05. The lowest BCUT2D eigenvalue weighted by Crippen LogP contribution is -2.25. The van der Waals surface area contributed by atoms with E-state index in [1.165, 1.54) is 6.20 Å². The van der Waals surface area contributed by atoms with Gasteiger partial charge in [-0.25, -0.2) is 4.98 Å². The molecule has 0 saturated carbocycles. The zero-order valence-corrected chi connectivity index (χ0v) is 11.4. The molecule has 1 amide bonds. The first-order valence-corrected chi connectivity index (χ1v) is 6.26. The smallest absolute Gasteiger partial charge is 0.252 e. The summed E-state index contributed by atoms with van der Waals surface area (Å²) < 4.78 is 5.18. The Morgan fingerprint density at radius 3 is 2.94 bits per heavy atom. The van der Waals surface area contributed by atoms with Gasteiger partial charge in [-0.15, -0.1) is 0 Å². The molecule has 100 valence electrons. The monoisotopic (exact) mass is 271 g/mol. The molecule has 0 aliphatic rings. The van der Waals surface area contributed by atoms with Crippen LogP contribution in [0.1, 0.15) is 23.7 Å². The Morgan fingerprint density at radius 1 is 1.56 bits per heavy atom. The van der Waals surface area contributed by atoms with Gasteiger partial charge in [-0.3, -0.25) is 4.79 Å². The third-order valence-corrected chi connectivity index (χ3v) is 2.58. The van der Waals surface area contributed by atoms with Gasteiger partial charge in [0, 0.05) is 33.0 Å². The third kappa shape index (κ3) is 4.50. The highest BCUT2D eigenvalue weighted by atomic mass is 35.5. The van der Waals surface area contributed by atoms with Crippen molar-refractivity contribution >= 4 is 23.3 Å². The second kappa shape index (κ2) is 7.89. The van der Waals surface area contributed by atoms with Gasteiger partial charge in [-0.2, -0.15) is 0 Å². The van der Waals surface area contributed by atoms with E-state index in [9.17, 15) is 4.79 Å². The molecule has 18 heavy (non-hydrogen) atoms. The number of hydrogen-bond donors (Lipinski definition) is 2. The van der Waals surface area contributed by atoms with Gasteiger partial charge in [-0.05, 0) is 19.4 Å². The largest absolute Gasteiger partial charge is 0.382 e. The van der Waals surface area contributed by atoms with E-state index in [2.05, 4.69) is 15.6 Å². The van der Waals surface area contributed by atoms with E-state index in [0.717, 1.165) is 6.42 Å². The van der Waals surface area contributed by atoms with E-state index >= 15 is 0 Å². The minimum absolute atomic E-state index is 0.177. The molecule has 5 nitrogen and oxygen atoms in total. The number of hydrogen-bond acceptors (Lipinski definition) is 4. The molecule has 0 saturated heterocycles. The fraction of sp³-hybridized carbons (Fsp3) is 0.500. The minimum atomic E-state index is -0.177. The quantitative estimate of drug-likeness (QED) is 0.744. The zero-order chi connectivity index (χ0) is 13.4. The Labute approximate surface area is 112 Å². The summed E-state index contributed by atoms with van der Waals surface area (Å²) in [5.41, 5.74) is 0.454. The highest BCUT2D eigenvalue weighted by Gasteiger charge is 2.08. The van der Waals surface area contributed by atoms with E-state index < -0.39 is 0 Å². The van der Waals surface area contributed by atoms with Crippen molar-refractivity contribution in [2.75, 3.05) is 32.1 Å². The van der Waals surface area contributed by atoms with Crippen LogP contribution in [0.5, 0.6) is 0 Å². The van der Waals surface area contributed by atoms with Crippen molar-refractivity contribution in [1.29, 1.82) is 0 Å². The molecule has 0 aliphatic carbocycles. The van der Waals surface area contributed by atoms with Crippen LogP contribution in [0.3, 0.4) is 0 Å². The van der Waals surface area contributed by atoms with Crippen molar-refractivity contribution in [1.82, 2.24) is 10.3 Å². The first-order chi connectivity index (χ1) is 8.69. The normalized spacial score (nSPS) is 10.2. The number of nitrogens with one attached hydrogen (secondary N) is 2. The predicted molar refractivity (Wildman–Crippen MR) is 72.2 cm³/mol. The molecule has 0 fully saturated rings. The standard InChI is InChI=1S/C12H18ClN3O2/c1-3-18-6-4-5-15-12(17)9-7-10(13)11(14-2)16-8-9/h7-8H,3-6H2,1-2H3,(H,14,16)(H,15,17). The van der Waals surface area contributed by atoms with Crippen LogP contribution in [0.4, 0.5) is 5.82 Å². The van der Waals surface area contributed by atoms with E-state index in [0.29, 0.717) is 36.2 Å². The van der Waals surface area contributed by atoms with Gasteiger partial charge in [0.05, 0.1) is 10.6 Å². The zero-order valence-electron chi connectivity index (χ0n) is 10.6. The molecule has 0 unspecified atom stereocenters. The first kappa shape index (κ1) is 14.7. The van der Waals surface area contributed by atoms with Crippen LogP contribution in [0.15, 0.2) is 12.3 Å². The van der Waals surface area contributed by atoms with E-state index in [-0.39, 0.29) is 5.91 Å². The third-order valence-electron chi connectivity index (χ3n) is 2.30. The number of carbonyl (C=O) groups is 1. The second-order valence-electron chi connectivity index (χ2n) is 3.61. The lowest BCUT2D eigenvalue weighted by Gasteiger charge is -2.07. The van der Waals surface area contributed by atoms with Crippen molar-refractivity contribution in [3.63, 3.8) is 0 Å². The average Bonchev–Trinajstić information content (AvgIpc) is 2.38. The molecule has 1 heterocycles. The highest BCUT2D eigenvalue weighted by Crippen LogP contribution is 2.19.